The molecule has 1 aliphatic rings. The van der Waals surface area contributed by atoms with Gasteiger partial charge in [-0.1, -0.05) is 0 Å². The van der Waals surface area contributed by atoms with Crippen molar-refractivity contribution in [3.8, 4) is 11.5 Å². The van der Waals surface area contributed by atoms with Crippen LogP contribution in [0.25, 0.3) is 11.2 Å². The Morgan fingerprint density at radius 1 is 1.21 bits per heavy atom. The molecular formula is C18H21N5O6. The fourth-order valence-corrected chi connectivity index (χ4v) is 3.28. The number of imidazole rings is 1. The third kappa shape index (κ3) is 3.44. The number of hydrogen-bond acceptors (Lipinski definition) is 10. The summed E-state index contributed by atoms with van der Waals surface area (Å²) >= 11 is 0. The number of phenols is 1. The maximum Gasteiger partial charge on any atom is 0.167 e. The molecule has 0 bridgehead atoms. The lowest BCUT2D eigenvalue weighted by Crippen LogP contribution is -2.33. The van der Waals surface area contributed by atoms with Gasteiger partial charge in [-0.15, -0.1) is 0 Å². The first kappa shape index (κ1) is 19.3. The second-order valence-electron chi connectivity index (χ2n) is 6.62. The Morgan fingerprint density at radius 3 is 2.72 bits per heavy atom. The number of anilines is 1. The van der Waals surface area contributed by atoms with Gasteiger partial charge in [-0.3, -0.25) is 4.57 Å². The Kier molecular flexibility index (Phi) is 5.20. The van der Waals surface area contributed by atoms with Crippen LogP contribution in [-0.2, 0) is 11.3 Å². The highest BCUT2D eigenvalue weighted by Gasteiger charge is 2.44. The maximum absolute atomic E-state index is 10.3. The molecule has 11 heteroatoms. The van der Waals surface area contributed by atoms with Gasteiger partial charge in [0.15, 0.2) is 23.2 Å². The molecule has 1 fully saturated rings. The Bertz CT molecular complexity index is 1010. The summed E-state index contributed by atoms with van der Waals surface area (Å²) in [5.41, 5.74) is 1.45. The number of benzene rings is 1. The summed E-state index contributed by atoms with van der Waals surface area (Å²) in [6.45, 7) is -0.142. The molecule has 5 N–H and O–H groups in total. The third-order valence-electron chi connectivity index (χ3n) is 4.89. The van der Waals surface area contributed by atoms with Gasteiger partial charge in [0, 0.05) is 18.2 Å². The van der Waals surface area contributed by atoms with Gasteiger partial charge >= 0.3 is 0 Å². The van der Waals surface area contributed by atoms with E-state index in [-0.39, 0.29) is 12.3 Å². The Labute approximate surface area is 165 Å². The number of hydrogen-bond donors (Lipinski definition) is 5. The molecule has 0 amide bonds. The summed E-state index contributed by atoms with van der Waals surface area (Å²) in [5, 5.41) is 42.7. The van der Waals surface area contributed by atoms with E-state index in [9.17, 15) is 20.4 Å². The molecule has 1 aromatic carbocycles. The van der Waals surface area contributed by atoms with Crippen molar-refractivity contribution in [2.45, 2.75) is 31.1 Å². The van der Waals surface area contributed by atoms with Crippen LogP contribution < -0.4 is 10.1 Å². The lowest BCUT2D eigenvalue weighted by Gasteiger charge is -2.16. The van der Waals surface area contributed by atoms with E-state index in [1.807, 2.05) is 0 Å². The van der Waals surface area contributed by atoms with E-state index in [0.717, 1.165) is 0 Å². The quantitative estimate of drug-likeness (QED) is 0.372. The smallest absolute Gasteiger partial charge is 0.167 e. The molecule has 0 spiro atoms. The number of methoxy groups -OCH3 is 1. The van der Waals surface area contributed by atoms with Crippen LogP contribution in [0.4, 0.5) is 5.82 Å². The first-order valence-corrected chi connectivity index (χ1v) is 8.93. The zero-order chi connectivity index (χ0) is 20.5. The molecule has 3 heterocycles. The summed E-state index contributed by atoms with van der Waals surface area (Å²) in [6.07, 6.45) is -1.55. The molecule has 4 rings (SSSR count). The highest BCUT2D eigenvalue weighted by atomic mass is 16.6. The molecule has 1 aliphatic heterocycles. The number of nitrogens with one attached hydrogen (secondary N) is 1. The van der Waals surface area contributed by atoms with Crippen LogP contribution >= 0.6 is 0 Å². The van der Waals surface area contributed by atoms with E-state index >= 15 is 0 Å². The maximum atomic E-state index is 10.3. The molecule has 4 atom stereocenters. The van der Waals surface area contributed by atoms with Crippen LogP contribution in [0.1, 0.15) is 11.8 Å². The van der Waals surface area contributed by atoms with Crippen molar-refractivity contribution in [2.75, 3.05) is 19.0 Å². The number of rotatable bonds is 6. The van der Waals surface area contributed by atoms with E-state index in [2.05, 4.69) is 20.3 Å². The minimum Gasteiger partial charge on any atom is -0.507 e. The predicted molar refractivity (Wildman–Crippen MR) is 100 cm³/mol. The molecule has 154 valence electrons. The number of aliphatic hydroxyl groups excluding tert-OH is 3. The molecule has 3 aromatic rings. The van der Waals surface area contributed by atoms with Gasteiger partial charge in [0.2, 0.25) is 0 Å². The summed E-state index contributed by atoms with van der Waals surface area (Å²) in [6, 6.07) is 4.99. The van der Waals surface area contributed by atoms with Crippen LogP contribution in [0.15, 0.2) is 30.9 Å². The zero-order valence-electron chi connectivity index (χ0n) is 15.5. The highest BCUT2D eigenvalue weighted by molar-refractivity contribution is 5.82. The third-order valence-corrected chi connectivity index (χ3v) is 4.89. The van der Waals surface area contributed by atoms with E-state index in [0.29, 0.717) is 28.3 Å². The number of aliphatic hydroxyl groups is 3. The highest BCUT2D eigenvalue weighted by Crippen LogP contribution is 2.32. The lowest BCUT2D eigenvalue weighted by molar-refractivity contribution is -0.0511. The number of phenolic OH excluding ortho intramolecular Hbond substituents is 1. The van der Waals surface area contributed by atoms with E-state index in [1.54, 1.807) is 12.1 Å². The standard InChI is InChI=1S/C18H21N5O6/c1-28-10-3-2-9(11(25)4-10)5-19-16-13-17(21-7-20-16)23(8-22-13)18-15(27)14(26)12(6-24)29-18/h2-4,7-8,12,14-15,18,24-27H,5-6H2,1H3,(H,19,20,21)/t12-,14-,15-,18?/m1/s1. The summed E-state index contributed by atoms with van der Waals surface area (Å²) in [4.78, 5) is 12.7. The predicted octanol–water partition coefficient (Wildman–Crippen LogP) is -0.236. The number of nitrogens with zero attached hydrogens (tertiary/aromatic N) is 4. The summed E-state index contributed by atoms with van der Waals surface area (Å²) in [7, 11) is 1.52. The Morgan fingerprint density at radius 2 is 2.03 bits per heavy atom. The van der Waals surface area contributed by atoms with Crippen LogP contribution in [-0.4, -0.2) is 72.0 Å². The molecule has 1 saturated heterocycles. The van der Waals surface area contributed by atoms with Crippen molar-refractivity contribution in [1.82, 2.24) is 19.5 Å². The van der Waals surface area contributed by atoms with Crippen molar-refractivity contribution in [3.63, 3.8) is 0 Å². The zero-order valence-corrected chi connectivity index (χ0v) is 15.5. The van der Waals surface area contributed by atoms with E-state index in [1.165, 1.54) is 30.4 Å². The molecule has 11 nitrogen and oxygen atoms in total. The van der Waals surface area contributed by atoms with Crippen molar-refractivity contribution in [1.29, 1.82) is 0 Å². The molecule has 29 heavy (non-hydrogen) atoms. The van der Waals surface area contributed by atoms with Gasteiger partial charge in [-0.2, -0.15) is 0 Å². The molecule has 2 aromatic heterocycles. The number of fused-ring (bicyclic) bond motifs is 1. The van der Waals surface area contributed by atoms with E-state index in [4.69, 9.17) is 9.47 Å². The molecule has 1 unspecified atom stereocenters. The Hall–Kier alpha value is -2.99. The number of aromatic hydroxyl groups is 1. The second-order valence-corrected chi connectivity index (χ2v) is 6.62. The first-order chi connectivity index (χ1) is 14.0. The van der Waals surface area contributed by atoms with Crippen molar-refractivity contribution >= 4 is 17.0 Å². The largest absolute Gasteiger partial charge is 0.507 e. The van der Waals surface area contributed by atoms with Gasteiger partial charge in [0.05, 0.1) is 20.0 Å². The second kappa shape index (κ2) is 7.79. The lowest BCUT2D eigenvalue weighted by atomic mass is 10.1. The van der Waals surface area contributed by atoms with Crippen molar-refractivity contribution in [2.24, 2.45) is 0 Å². The fourth-order valence-electron chi connectivity index (χ4n) is 3.28. The van der Waals surface area contributed by atoms with Crippen molar-refractivity contribution in [3.05, 3.63) is 36.4 Å². The van der Waals surface area contributed by atoms with Gasteiger partial charge in [-0.25, -0.2) is 15.0 Å². The average molecular weight is 403 g/mol. The van der Waals surface area contributed by atoms with Crippen molar-refractivity contribution < 1.29 is 29.9 Å². The van der Waals surface area contributed by atoms with Gasteiger partial charge in [0.25, 0.3) is 0 Å². The average Bonchev–Trinajstić information content (AvgIpc) is 3.28. The van der Waals surface area contributed by atoms with E-state index < -0.39 is 31.1 Å². The van der Waals surface area contributed by atoms with Gasteiger partial charge in [-0.05, 0) is 12.1 Å². The SMILES string of the molecule is COc1ccc(CNc2ncnc3c2ncn3C2O[C@H](CO)[C@@H](O)[C@H]2O)c(O)c1. The monoisotopic (exact) mass is 403 g/mol. The Balaban J connectivity index is 1.58. The molecule has 0 saturated carbocycles. The fraction of sp³-hybridized carbons (Fsp3) is 0.389. The van der Waals surface area contributed by atoms with Crippen LogP contribution in [0, 0.1) is 0 Å². The molecular weight excluding hydrogens is 382 g/mol. The topological polar surface area (TPSA) is 155 Å². The number of aromatic nitrogens is 4. The van der Waals surface area contributed by atoms with Crippen LogP contribution in [0.3, 0.4) is 0 Å². The summed E-state index contributed by atoms with van der Waals surface area (Å²) in [5.74, 6) is 1.06. The molecule has 0 radical (unpaired) electrons. The minimum absolute atomic E-state index is 0.0826. The first-order valence-electron chi connectivity index (χ1n) is 8.93. The van der Waals surface area contributed by atoms with Gasteiger partial charge < -0.3 is 35.2 Å². The van der Waals surface area contributed by atoms with Crippen LogP contribution in [0.2, 0.25) is 0 Å². The molecule has 0 aliphatic carbocycles. The number of ether oxygens (including phenoxy) is 2. The minimum atomic E-state index is -1.24. The van der Waals surface area contributed by atoms with Gasteiger partial charge in [0.1, 0.15) is 36.1 Å². The summed E-state index contributed by atoms with van der Waals surface area (Å²) < 4.78 is 12.1. The normalized spacial score (nSPS) is 24.1. The van der Waals surface area contributed by atoms with Crippen LogP contribution in [0.5, 0.6) is 11.5 Å².